The standard InChI is InChI=1S/C13H17NO5/c1-18-6-2-5-14-7-13-4-3-8(19-13)9(12(16)17)10(13)11(14)15/h3-4,8-10H,2,5-7H2,1H3,(H,16,17)/p-1/t8-,9+,10+,13-/m1/s1. The largest absolute Gasteiger partial charge is 0.550 e. The van der Waals surface area contributed by atoms with Gasteiger partial charge in [0.25, 0.3) is 0 Å². The summed E-state index contributed by atoms with van der Waals surface area (Å²) in [6.07, 6.45) is 3.80. The van der Waals surface area contributed by atoms with Gasteiger partial charge in [-0.1, -0.05) is 12.2 Å². The fourth-order valence-corrected chi connectivity index (χ4v) is 3.44. The van der Waals surface area contributed by atoms with E-state index in [1.54, 1.807) is 18.1 Å². The Bertz CT molecular complexity index is 448. The highest BCUT2D eigenvalue weighted by Gasteiger charge is 2.65. The number of methoxy groups -OCH3 is 1. The second-order valence-electron chi connectivity index (χ2n) is 5.33. The smallest absolute Gasteiger partial charge is 0.229 e. The second-order valence-corrected chi connectivity index (χ2v) is 5.33. The van der Waals surface area contributed by atoms with Gasteiger partial charge in [-0.3, -0.25) is 4.79 Å². The van der Waals surface area contributed by atoms with Crippen molar-refractivity contribution in [2.45, 2.75) is 18.1 Å². The number of rotatable bonds is 5. The van der Waals surface area contributed by atoms with Crippen LogP contribution in [-0.2, 0) is 19.1 Å². The van der Waals surface area contributed by atoms with Crippen LogP contribution < -0.4 is 5.11 Å². The van der Waals surface area contributed by atoms with Crippen LogP contribution in [0, 0.1) is 11.8 Å². The predicted octanol–water partition coefficient (Wildman–Crippen LogP) is -1.45. The molecular formula is C13H16NO5-. The lowest BCUT2D eigenvalue weighted by molar-refractivity contribution is -0.313. The molecule has 3 aliphatic rings. The molecule has 0 N–H and O–H groups in total. The number of carbonyl (C=O) groups excluding carboxylic acids is 2. The predicted molar refractivity (Wildman–Crippen MR) is 61.8 cm³/mol. The van der Waals surface area contributed by atoms with Crippen molar-refractivity contribution in [2.75, 3.05) is 26.8 Å². The molecule has 0 aliphatic carbocycles. The third kappa shape index (κ3) is 1.70. The molecule has 19 heavy (non-hydrogen) atoms. The first-order valence-corrected chi connectivity index (χ1v) is 6.45. The molecule has 6 heteroatoms. The number of fused-ring (bicyclic) bond motifs is 1. The van der Waals surface area contributed by atoms with Crippen LogP contribution >= 0.6 is 0 Å². The second kappa shape index (κ2) is 4.31. The Morgan fingerprint density at radius 1 is 1.68 bits per heavy atom. The molecule has 1 spiro atoms. The molecule has 0 aromatic heterocycles. The molecule has 0 saturated carbocycles. The average molecular weight is 266 g/mol. The quantitative estimate of drug-likeness (QED) is 0.449. The molecule has 104 valence electrons. The topological polar surface area (TPSA) is 78.9 Å². The van der Waals surface area contributed by atoms with E-state index in [2.05, 4.69) is 0 Å². The molecule has 3 heterocycles. The maximum atomic E-state index is 12.4. The van der Waals surface area contributed by atoms with E-state index in [1.165, 1.54) is 0 Å². The van der Waals surface area contributed by atoms with E-state index in [0.29, 0.717) is 19.7 Å². The van der Waals surface area contributed by atoms with Crippen LogP contribution in [0.2, 0.25) is 0 Å². The lowest BCUT2D eigenvalue weighted by Gasteiger charge is -2.24. The van der Waals surface area contributed by atoms with Gasteiger partial charge in [0.2, 0.25) is 5.91 Å². The molecule has 2 bridgehead atoms. The first-order valence-electron chi connectivity index (χ1n) is 6.45. The summed E-state index contributed by atoms with van der Waals surface area (Å²) in [6.45, 7) is 1.56. The molecule has 2 fully saturated rings. The molecule has 0 aromatic rings. The first kappa shape index (κ1) is 12.6. The lowest BCUT2D eigenvalue weighted by Crippen LogP contribution is -2.45. The monoisotopic (exact) mass is 266 g/mol. The SMILES string of the molecule is COCCCN1C[C@@]23C=C[C@@H](O2)[C@H](C(=O)[O-])[C@H]3C1=O. The molecule has 0 radical (unpaired) electrons. The zero-order chi connectivity index (χ0) is 13.6. The highest BCUT2D eigenvalue weighted by molar-refractivity contribution is 5.90. The summed E-state index contributed by atoms with van der Waals surface area (Å²) in [7, 11) is 1.61. The molecule has 1 amide bonds. The van der Waals surface area contributed by atoms with E-state index >= 15 is 0 Å². The van der Waals surface area contributed by atoms with Gasteiger partial charge in [0, 0.05) is 32.1 Å². The minimum Gasteiger partial charge on any atom is -0.550 e. The molecule has 3 rings (SSSR count). The van der Waals surface area contributed by atoms with Gasteiger partial charge in [-0.2, -0.15) is 0 Å². The average Bonchev–Trinajstić information content (AvgIpc) is 2.99. The molecule has 2 saturated heterocycles. The summed E-state index contributed by atoms with van der Waals surface area (Å²) >= 11 is 0. The van der Waals surface area contributed by atoms with Gasteiger partial charge >= 0.3 is 0 Å². The summed E-state index contributed by atoms with van der Waals surface area (Å²) in [6, 6.07) is 0. The van der Waals surface area contributed by atoms with E-state index in [-0.39, 0.29) is 5.91 Å². The zero-order valence-electron chi connectivity index (χ0n) is 10.7. The number of carbonyl (C=O) groups is 2. The highest BCUT2D eigenvalue weighted by atomic mass is 16.5. The number of aliphatic carboxylic acids is 1. The number of amides is 1. The van der Waals surface area contributed by atoms with E-state index in [4.69, 9.17) is 9.47 Å². The Hall–Kier alpha value is -1.40. The lowest BCUT2D eigenvalue weighted by atomic mass is 9.77. The minimum absolute atomic E-state index is 0.142. The van der Waals surface area contributed by atoms with Crippen LogP contribution in [0.15, 0.2) is 12.2 Å². The fourth-order valence-electron chi connectivity index (χ4n) is 3.44. The molecule has 6 nitrogen and oxygen atoms in total. The summed E-state index contributed by atoms with van der Waals surface area (Å²) < 4.78 is 10.7. The maximum Gasteiger partial charge on any atom is 0.229 e. The number of hydrogen-bond donors (Lipinski definition) is 0. The van der Waals surface area contributed by atoms with Crippen molar-refractivity contribution in [3.63, 3.8) is 0 Å². The van der Waals surface area contributed by atoms with E-state index in [9.17, 15) is 14.7 Å². The van der Waals surface area contributed by atoms with Crippen LogP contribution in [0.3, 0.4) is 0 Å². The minimum atomic E-state index is -1.20. The Kier molecular flexibility index (Phi) is 2.87. The maximum absolute atomic E-state index is 12.4. The van der Waals surface area contributed by atoms with Crippen molar-refractivity contribution in [1.29, 1.82) is 0 Å². The van der Waals surface area contributed by atoms with Crippen molar-refractivity contribution in [1.82, 2.24) is 4.90 Å². The fraction of sp³-hybridized carbons (Fsp3) is 0.692. The van der Waals surface area contributed by atoms with Gasteiger partial charge < -0.3 is 24.3 Å². The zero-order valence-corrected chi connectivity index (χ0v) is 10.7. The van der Waals surface area contributed by atoms with Crippen molar-refractivity contribution in [2.24, 2.45) is 11.8 Å². The summed E-state index contributed by atoms with van der Waals surface area (Å²) in [5.74, 6) is -2.83. The number of carboxylic acid groups (broad SMARTS) is 1. The molecule has 4 atom stereocenters. The Labute approximate surface area is 111 Å². The van der Waals surface area contributed by atoms with E-state index in [1.807, 2.05) is 6.08 Å². The first-order chi connectivity index (χ1) is 9.09. The summed E-state index contributed by atoms with van der Waals surface area (Å²) in [5, 5.41) is 11.2. The molecular weight excluding hydrogens is 250 g/mol. The van der Waals surface area contributed by atoms with Gasteiger partial charge in [-0.05, 0) is 6.42 Å². The normalized spacial score (nSPS) is 39.1. The van der Waals surface area contributed by atoms with Crippen molar-refractivity contribution >= 4 is 11.9 Å². The Balaban J connectivity index is 1.79. The Morgan fingerprint density at radius 2 is 2.47 bits per heavy atom. The molecule has 0 unspecified atom stereocenters. The van der Waals surface area contributed by atoms with Crippen LogP contribution in [0.1, 0.15) is 6.42 Å². The Morgan fingerprint density at radius 3 is 3.16 bits per heavy atom. The van der Waals surface area contributed by atoms with Gasteiger partial charge in [-0.15, -0.1) is 0 Å². The van der Waals surface area contributed by atoms with Crippen molar-refractivity contribution < 1.29 is 24.2 Å². The van der Waals surface area contributed by atoms with Crippen LogP contribution in [0.5, 0.6) is 0 Å². The number of nitrogens with zero attached hydrogens (tertiary/aromatic N) is 1. The van der Waals surface area contributed by atoms with Crippen LogP contribution in [-0.4, -0.2) is 55.3 Å². The van der Waals surface area contributed by atoms with Gasteiger partial charge in [-0.25, -0.2) is 0 Å². The van der Waals surface area contributed by atoms with Gasteiger partial charge in [0.15, 0.2) is 0 Å². The van der Waals surface area contributed by atoms with Crippen molar-refractivity contribution in [3.05, 3.63) is 12.2 Å². The van der Waals surface area contributed by atoms with Gasteiger partial charge in [0.05, 0.1) is 18.6 Å². The third-order valence-electron chi connectivity index (χ3n) is 4.23. The van der Waals surface area contributed by atoms with Crippen LogP contribution in [0.4, 0.5) is 0 Å². The third-order valence-corrected chi connectivity index (χ3v) is 4.23. The van der Waals surface area contributed by atoms with E-state index < -0.39 is 29.5 Å². The molecule has 0 aromatic carbocycles. The number of hydrogen-bond acceptors (Lipinski definition) is 5. The summed E-state index contributed by atoms with van der Waals surface area (Å²) in [4.78, 5) is 25.3. The van der Waals surface area contributed by atoms with Crippen LogP contribution in [0.25, 0.3) is 0 Å². The highest BCUT2D eigenvalue weighted by Crippen LogP contribution is 2.51. The number of likely N-dealkylation sites (tertiary alicyclic amines) is 1. The summed E-state index contributed by atoms with van der Waals surface area (Å²) in [5.41, 5.74) is -0.750. The number of ether oxygens (including phenoxy) is 2. The molecule has 3 aliphatic heterocycles. The number of carboxylic acids is 1. The van der Waals surface area contributed by atoms with E-state index in [0.717, 1.165) is 6.42 Å². The van der Waals surface area contributed by atoms with Gasteiger partial charge in [0.1, 0.15) is 5.60 Å². The van der Waals surface area contributed by atoms with Crippen molar-refractivity contribution in [3.8, 4) is 0 Å².